The van der Waals surface area contributed by atoms with E-state index in [4.69, 9.17) is 0 Å². The standard InChI is InChI=1S/C12H15F3N2/c1-17(11-6-3-7-16-11)10-5-2-4-9(8-10)12(13,14)15/h2,4-5,8,11,16H,3,6-7H2,1H3. The van der Waals surface area contributed by atoms with Crippen molar-refractivity contribution < 1.29 is 13.2 Å². The molecule has 1 aromatic rings. The van der Waals surface area contributed by atoms with Crippen LogP contribution in [0.4, 0.5) is 18.9 Å². The first-order valence-electron chi connectivity index (χ1n) is 5.62. The third kappa shape index (κ3) is 2.72. The number of hydrogen-bond donors (Lipinski definition) is 1. The third-order valence-electron chi connectivity index (χ3n) is 3.08. The van der Waals surface area contributed by atoms with Crippen molar-refractivity contribution in [2.75, 3.05) is 18.5 Å². The highest BCUT2D eigenvalue weighted by molar-refractivity contribution is 5.49. The Balaban J connectivity index is 2.20. The van der Waals surface area contributed by atoms with Gasteiger partial charge in [0.25, 0.3) is 0 Å². The highest BCUT2D eigenvalue weighted by Gasteiger charge is 2.31. The minimum atomic E-state index is -4.28. The maximum atomic E-state index is 12.6. The number of anilines is 1. The molecule has 1 saturated heterocycles. The largest absolute Gasteiger partial charge is 0.416 e. The van der Waals surface area contributed by atoms with Crippen LogP contribution in [0.3, 0.4) is 0 Å². The van der Waals surface area contributed by atoms with Gasteiger partial charge in [-0.3, -0.25) is 5.32 Å². The molecule has 0 radical (unpaired) electrons. The molecule has 1 unspecified atom stereocenters. The van der Waals surface area contributed by atoms with E-state index in [1.807, 2.05) is 11.9 Å². The average Bonchev–Trinajstić information content (AvgIpc) is 2.80. The van der Waals surface area contributed by atoms with Crippen LogP contribution in [-0.4, -0.2) is 19.8 Å². The molecule has 94 valence electrons. The second-order valence-corrected chi connectivity index (χ2v) is 4.27. The molecule has 1 aromatic carbocycles. The number of rotatable bonds is 2. The fourth-order valence-electron chi connectivity index (χ4n) is 2.08. The first kappa shape index (κ1) is 12.2. The molecule has 5 heteroatoms. The number of halogens is 3. The van der Waals surface area contributed by atoms with Crippen molar-refractivity contribution in [1.82, 2.24) is 5.32 Å². The van der Waals surface area contributed by atoms with Crippen LogP contribution in [0.1, 0.15) is 18.4 Å². The molecule has 0 spiro atoms. The summed E-state index contributed by atoms with van der Waals surface area (Å²) in [6.07, 6.45) is -2.11. The highest BCUT2D eigenvalue weighted by atomic mass is 19.4. The first-order chi connectivity index (χ1) is 7.98. The second-order valence-electron chi connectivity index (χ2n) is 4.27. The zero-order valence-corrected chi connectivity index (χ0v) is 9.59. The maximum absolute atomic E-state index is 12.6. The molecule has 2 rings (SSSR count). The highest BCUT2D eigenvalue weighted by Crippen LogP contribution is 2.32. The van der Waals surface area contributed by atoms with Crippen LogP contribution in [0.25, 0.3) is 0 Å². The summed E-state index contributed by atoms with van der Waals surface area (Å²) >= 11 is 0. The summed E-state index contributed by atoms with van der Waals surface area (Å²) in [6, 6.07) is 5.44. The summed E-state index contributed by atoms with van der Waals surface area (Å²) < 4.78 is 37.7. The second kappa shape index (κ2) is 4.56. The van der Waals surface area contributed by atoms with E-state index in [-0.39, 0.29) is 6.17 Å². The van der Waals surface area contributed by atoms with Gasteiger partial charge in [0, 0.05) is 12.7 Å². The summed E-state index contributed by atoms with van der Waals surface area (Å²) in [7, 11) is 1.82. The Morgan fingerprint density at radius 3 is 2.71 bits per heavy atom. The summed E-state index contributed by atoms with van der Waals surface area (Å²) in [5, 5.41) is 3.26. The quantitative estimate of drug-likeness (QED) is 0.860. The normalized spacial score (nSPS) is 20.6. The van der Waals surface area contributed by atoms with Gasteiger partial charge in [-0.25, -0.2) is 0 Å². The molecular formula is C12H15F3N2. The van der Waals surface area contributed by atoms with Crippen molar-refractivity contribution in [1.29, 1.82) is 0 Å². The molecule has 17 heavy (non-hydrogen) atoms. The lowest BCUT2D eigenvalue weighted by Gasteiger charge is -2.27. The smallest absolute Gasteiger partial charge is 0.359 e. The number of hydrogen-bond acceptors (Lipinski definition) is 2. The monoisotopic (exact) mass is 244 g/mol. The number of nitrogens with zero attached hydrogens (tertiary/aromatic N) is 1. The summed E-state index contributed by atoms with van der Waals surface area (Å²) in [5.74, 6) is 0. The molecule has 1 aliphatic heterocycles. The van der Waals surface area contributed by atoms with E-state index < -0.39 is 11.7 Å². The average molecular weight is 244 g/mol. The van der Waals surface area contributed by atoms with Crippen molar-refractivity contribution in [3.63, 3.8) is 0 Å². The lowest BCUT2D eigenvalue weighted by Crippen LogP contribution is -2.39. The molecule has 1 atom stereocenters. The SMILES string of the molecule is CN(c1cccc(C(F)(F)F)c1)C1CCCN1. The Kier molecular flexibility index (Phi) is 3.28. The summed E-state index contributed by atoms with van der Waals surface area (Å²) in [4.78, 5) is 1.86. The topological polar surface area (TPSA) is 15.3 Å². The van der Waals surface area contributed by atoms with Crippen molar-refractivity contribution in [3.8, 4) is 0 Å². The number of benzene rings is 1. The van der Waals surface area contributed by atoms with Gasteiger partial charge in [-0.2, -0.15) is 13.2 Å². The van der Waals surface area contributed by atoms with Gasteiger partial charge in [-0.05, 0) is 37.6 Å². The van der Waals surface area contributed by atoms with Gasteiger partial charge in [0.2, 0.25) is 0 Å². The zero-order chi connectivity index (χ0) is 12.5. The van der Waals surface area contributed by atoms with E-state index in [1.165, 1.54) is 12.1 Å². The van der Waals surface area contributed by atoms with Gasteiger partial charge in [-0.1, -0.05) is 6.07 Å². The molecule has 1 aliphatic rings. The molecule has 0 aliphatic carbocycles. The van der Waals surface area contributed by atoms with Crippen LogP contribution < -0.4 is 10.2 Å². The Morgan fingerprint density at radius 2 is 2.12 bits per heavy atom. The van der Waals surface area contributed by atoms with Gasteiger partial charge in [0.1, 0.15) is 0 Å². The minimum Gasteiger partial charge on any atom is -0.359 e. The lowest BCUT2D eigenvalue weighted by molar-refractivity contribution is -0.137. The van der Waals surface area contributed by atoms with E-state index >= 15 is 0 Å². The van der Waals surface area contributed by atoms with E-state index in [0.717, 1.165) is 25.5 Å². The van der Waals surface area contributed by atoms with Crippen molar-refractivity contribution in [2.24, 2.45) is 0 Å². The molecule has 2 nitrogen and oxygen atoms in total. The van der Waals surface area contributed by atoms with Gasteiger partial charge in [0.05, 0.1) is 11.7 Å². The van der Waals surface area contributed by atoms with E-state index in [2.05, 4.69) is 5.32 Å². The molecule has 0 amide bonds. The third-order valence-corrected chi connectivity index (χ3v) is 3.08. The van der Waals surface area contributed by atoms with E-state index in [9.17, 15) is 13.2 Å². The Labute approximate surface area is 98.4 Å². The number of nitrogens with one attached hydrogen (secondary N) is 1. The molecule has 0 saturated carbocycles. The molecule has 1 fully saturated rings. The molecular weight excluding hydrogens is 229 g/mol. The Bertz CT molecular complexity index is 384. The van der Waals surface area contributed by atoms with Gasteiger partial charge < -0.3 is 4.90 Å². The number of alkyl halides is 3. The van der Waals surface area contributed by atoms with Gasteiger partial charge in [-0.15, -0.1) is 0 Å². The fraction of sp³-hybridized carbons (Fsp3) is 0.500. The van der Waals surface area contributed by atoms with Crippen LogP contribution >= 0.6 is 0 Å². The first-order valence-corrected chi connectivity index (χ1v) is 5.62. The molecule has 1 heterocycles. The van der Waals surface area contributed by atoms with Crippen molar-refractivity contribution in [3.05, 3.63) is 29.8 Å². The van der Waals surface area contributed by atoms with Gasteiger partial charge >= 0.3 is 6.18 Å². The van der Waals surface area contributed by atoms with Crippen LogP contribution in [0.2, 0.25) is 0 Å². The van der Waals surface area contributed by atoms with Crippen molar-refractivity contribution >= 4 is 5.69 Å². The van der Waals surface area contributed by atoms with Crippen LogP contribution in [0, 0.1) is 0 Å². The minimum absolute atomic E-state index is 0.137. The van der Waals surface area contributed by atoms with E-state index in [1.54, 1.807) is 6.07 Å². The molecule has 0 bridgehead atoms. The fourth-order valence-corrected chi connectivity index (χ4v) is 2.08. The van der Waals surface area contributed by atoms with Crippen LogP contribution in [0.5, 0.6) is 0 Å². The molecule has 1 N–H and O–H groups in total. The van der Waals surface area contributed by atoms with Crippen LogP contribution in [0.15, 0.2) is 24.3 Å². The maximum Gasteiger partial charge on any atom is 0.416 e. The van der Waals surface area contributed by atoms with Crippen LogP contribution in [-0.2, 0) is 6.18 Å². The lowest BCUT2D eigenvalue weighted by atomic mass is 10.1. The summed E-state index contributed by atoms with van der Waals surface area (Å²) in [6.45, 7) is 0.925. The Hall–Kier alpha value is -1.23. The summed E-state index contributed by atoms with van der Waals surface area (Å²) in [5.41, 5.74) is -0.000859. The van der Waals surface area contributed by atoms with Crippen molar-refractivity contribution in [2.45, 2.75) is 25.2 Å². The molecule has 0 aromatic heterocycles. The predicted molar refractivity (Wildman–Crippen MR) is 60.9 cm³/mol. The Morgan fingerprint density at radius 1 is 1.35 bits per heavy atom. The zero-order valence-electron chi connectivity index (χ0n) is 9.59. The van der Waals surface area contributed by atoms with E-state index in [0.29, 0.717) is 5.69 Å². The van der Waals surface area contributed by atoms with Gasteiger partial charge in [0.15, 0.2) is 0 Å². The predicted octanol–water partition coefficient (Wildman–Crippen LogP) is 2.85.